The molecule has 2 heterocycles. The summed E-state index contributed by atoms with van der Waals surface area (Å²) >= 11 is 6.32. The van der Waals surface area contributed by atoms with E-state index in [0.29, 0.717) is 22.8 Å². The van der Waals surface area contributed by atoms with Crippen molar-refractivity contribution in [2.45, 2.75) is 19.9 Å². The third kappa shape index (κ3) is 3.75. The van der Waals surface area contributed by atoms with Crippen LogP contribution in [0.4, 0.5) is 10.1 Å². The predicted octanol–water partition coefficient (Wildman–Crippen LogP) is 4.72. The summed E-state index contributed by atoms with van der Waals surface area (Å²) in [6.07, 6.45) is 0. The molecule has 7 heteroatoms. The van der Waals surface area contributed by atoms with Crippen LogP contribution in [0, 0.1) is 12.7 Å². The minimum Gasteiger partial charge on any atom is -0.368 e. The molecule has 5 nitrogen and oxygen atoms in total. The lowest BCUT2D eigenvalue weighted by Gasteiger charge is -2.38. The Morgan fingerprint density at radius 3 is 2.57 bits per heavy atom. The van der Waals surface area contributed by atoms with E-state index in [0.717, 1.165) is 36.9 Å². The monoisotopic (exact) mass is 400 g/mol. The van der Waals surface area contributed by atoms with Crippen molar-refractivity contribution in [1.82, 2.24) is 15.0 Å². The van der Waals surface area contributed by atoms with E-state index in [1.54, 1.807) is 19.1 Å². The summed E-state index contributed by atoms with van der Waals surface area (Å²) in [6.45, 7) is 7.26. The third-order valence-electron chi connectivity index (χ3n) is 5.28. The average molecular weight is 401 g/mol. The molecule has 0 saturated carbocycles. The van der Waals surface area contributed by atoms with Crippen LogP contribution >= 0.6 is 11.6 Å². The number of hydrogen-bond donors (Lipinski definition) is 0. The molecular formula is C21H22ClFN4O. The summed E-state index contributed by atoms with van der Waals surface area (Å²) in [6, 6.07) is 12.9. The fraction of sp³-hybridized carbons (Fsp3) is 0.333. The molecule has 1 unspecified atom stereocenters. The molecule has 0 N–H and O–H groups in total. The number of rotatable bonds is 4. The van der Waals surface area contributed by atoms with E-state index >= 15 is 0 Å². The van der Waals surface area contributed by atoms with Crippen LogP contribution in [-0.4, -0.2) is 41.2 Å². The standard InChI is InChI=1S/C21H22ClFN4O/c1-14-7-8-16(13-18(14)23)20-24-21(28-25-20)15(2)26-9-11-27(12-10-26)19-6-4-3-5-17(19)22/h3-8,13,15H,9-12H2,1-2H3. The summed E-state index contributed by atoms with van der Waals surface area (Å²) in [5.41, 5.74) is 2.28. The molecule has 1 atom stereocenters. The van der Waals surface area contributed by atoms with Gasteiger partial charge in [0.15, 0.2) is 0 Å². The van der Waals surface area contributed by atoms with Gasteiger partial charge in [-0.1, -0.05) is 41.0 Å². The van der Waals surface area contributed by atoms with Gasteiger partial charge in [-0.3, -0.25) is 4.90 Å². The maximum atomic E-state index is 13.8. The van der Waals surface area contributed by atoms with Crippen molar-refractivity contribution in [2.75, 3.05) is 31.1 Å². The van der Waals surface area contributed by atoms with Crippen molar-refractivity contribution in [3.05, 3.63) is 64.8 Å². The van der Waals surface area contributed by atoms with Crippen molar-refractivity contribution >= 4 is 17.3 Å². The molecule has 0 radical (unpaired) electrons. The van der Waals surface area contributed by atoms with E-state index in [1.807, 2.05) is 24.3 Å². The van der Waals surface area contributed by atoms with Gasteiger partial charge in [-0.2, -0.15) is 4.98 Å². The molecule has 1 aliphatic heterocycles. The zero-order chi connectivity index (χ0) is 19.7. The Hall–Kier alpha value is -2.44. The minimum atomic E-state index is -0.271. The van der Waals surface area contributed by atoms with Crippen LogP contribution in [0.15, 0.2) is 47.0 Å². The Kier molecular flexibility index (Phi) is 5.33. The van der Waals surface area contributed by atoms with Gasteiger partial charge in [0.25, 0.3) is 0 Å². The summed E-state index contributed by atoms with van der Waals surface area (Å²) in [7, 11) is 0. The second-order valence-electron chi connectivity index (χ2n) is 7.07. The quantitative estimate of drug-likeness (QED) is 0.634. The highest BCUT2D eigenvalue weighted by Crippen LogP contribution is 2.29. The van der Waals surface area contributed by atoms with Crippen molar-refractivity contribution in [3.63, 3.8) is 0 Å². The van der Waals surface area contributed by atoms with Gasteiger partial charge in [0.05, 0.1) is 16.8 Å². The molecule has 4 rings (SSSR count). The molecule has 0 bridgehead atoms. The van der Waals surface area contributed by atoms with Crippen LogP contribution in [0.1, 0.15) is 24.4 Å². The first-order valence-corrected chi connectivity index (χ1v) is 9.74. The second kappa shape index (κ2) is 7.89. The first-order valence-electron chi connectivity index (χ1n) is 9.36. The number of aromatic nitrogens is 2. The topological polar surface area (TPSA) is 45.4 Å². The van der Waals surface area contributed by atoms with Crippen molar-refractivity contribution < 1.29 is 8.91 Å². The number of hydrogen-bond acceptors (Lipinski definition) is 5. The van der Waals surface area contributed by atoms with Crippen molar-refractivity contribution in [3.8, 4) is 11.4 Å². The van der Waals surface area contributed by atoms with Gasteiger partial charge >= 0.3 is 0 Å². The smallest absolute Gasteiger partial charge is 0.244 e. The van der Waals surface area contributed by atoms with E-state index in [4.69, 9.17) is 16.1 Å². The predicted molar refractivity (Wildman–Crippen MR) is 108 cm³/mol. The summed E-state index contributed by atoms with van der Waals surface area (Å²) in [5, 5.41) is 4.81. The van der Waals surface area contributed by atoms with Gasteiger partial charge < -0.3 is 9.42 Å². The van der Waals surface area contributed by atoms with Crippen LogP contribution in [0.5, 0.6) is 0 Å². The summed E-state index contributed by atoms with van der Waals surface area (Å²) < 4.78 is 19.3. The fourth-order valence-electron chi connectivity index (χ4n) is 3.47. The molecule has 0 amide bonds. The van der Waals surface area contributed by atoms with Gasteiger partial charge in [0, 0.05) is 31.7 Å². The largest absolute Gasteiger partial charge is 0.368 e. The van der Waals surface area contributed by atoms with Gasteiger partial charge in [-0.15, -0.1) is 0 Å². The van der Waals surface area contributed by atoms with Crippen LogP contribution in [0.25, 0.3) is 11.4 Å². The Morgan fingerprint density at radius 2 is 1.86 bits per heavy atom. The lowest BCUT2D eigenvalue weighted by atomic mass is 10.1. The van der Waals surface area contributed by atoms with Crippen LogP contribution in [0.3, 0.4) is 0 Å². The molecule has 1 aromatic heterocycles. The molecule has 28 heavy (non-hydrogen) atoms. The van der Waals surface area contributed by atoms with Crippen molar-refractivity contribution in [1.29, 1.82) is 0 Å². The maximum absolute atomic E-state index is 13.8. The number of piperazine rings is 1. The number of aryl methyl sites for hydroxylation is 1. The van der Waals surface area contributed by atoms with E-state index < -0.39 is 0 Å². The molecule has 146 valence electrons. The lowest BCUT2D eigenvalue weighted by Crippen LogP contribution is -2.47. The maximum Gasteiger partial charge on any atom is 0.244 e. The molecule has 1 aliphatic rings. The number of para-hydroxylation sites is 1. The minimum absolute atomic E-state index is 0.00931. The molecule has 1 fully saturated rings. The normalized spacial score (nSPS) is 16.4. The fourth-order valence-corrected chi connectivity index (χ4v) is 3.72. The second-order valence-corrected chi connectivity index (χ2v) is 7.48. The van der Waals surface area contributed by atoms with Crippen LogP contribution in [0.2, 0.25) is 5.02 Å². The molecule has 1 saturated heterocycles. The van der Waals surface area contributed by atoms with E-state index in [2.05, 4.69) is 26.9 Å². The lowest BCUT2D eigenvalue weighted by molar-refractivity contribution is 0.164. The molecule has 3 aromatic rings. The highest BCUT2D eigenvalue weighted by Gasteiger charge is 2.26. The SMILES string of the molecule is Cc1ccc(-c2noc(C(C)N3CCN(c4ccccc4Cl)CC3)n2)cc1F. The van der Waals surface area contributed by atoms with Crippen LogP contribution < -0.4 is 4.90 Å². The average Bonchev–Trinajstić information content (AvgIpc) is 3.20. The highest BCUT2D eigenvalue weighted by atomic mass is 35.5. The Morgan fingerprint density at radius 1 is 1.11 bits per heavy atom. The summed E-state index contributed by atoms with van der Waals surface area (Å²) in [5.74, 6) is 0.685. The van der Waals surface area contributed by atoms with Gasteiger partial charge in [-0.25, -0.2) is 4.39 Å². The summed E-state index contributed by atoms with van der Waals surface area (Å²) in [4.78, 5) is 9.09. The zero-order valence-corrected chi connectivity index (χ0v) is 16.7. The van der Waals surface area contributed by atoms with Gasteiger partial charge in [0.2, 0.25) is 11.7 Å². The Balaban J connectivity index is 1.43. The van der Waals surface area contributed by atoms with Gasteiger partial charge in [0.1, 0.15) is 5.82 Å². The number of halogens is 2. The number of anilines is 1. The molecule has 0 aliphatic carbocycles. The molecule has 2 aromatic carbocycles. The highest BCUT2D eigenvalue weighted by molar-refractivity contribution is 6.33. The van der Waals surface area contributed by atoms with Crippen molar-refractivity contribution in [2.24, 2.45) is 0 Å². The van der Waals surface area contributed by atoms with E-state index in [9.17, 15) is 4.39 Å². The Bertz CT molecular complexity index is 969. The third-order valence-corrected chi connectivity index (χ3v) is 5.60. The number of benzene rings is 2. The Labute approximate surface area is 168 Å². The first kappa shape index (κ1) is 18.9. The van der Waals surface area contributed by atoms with Crippen LogP contribution in [-0.2, 0) is 0 Å². The van der Waals surface area contributed by atoms with E-state index in [-0.39, 0.29) is 11.9 Å². The molecular weight excluding hydrogens is 379 g/mol. The number of nitrogens with zero attached hydrogens (tertiary/aromatic N) is 4. The molecule has 0 spiro atoms. The van der Waals surface area contributed by atoms with E-state index in [1.165, 1.54) is 6.07 Å². The first-order chi connectivity index (χ1) is 13.5. The van der Waals surface area contributed by atoms with Gasteiger partial charge in [-0.05, 0) is 37.6 Å². The zero-order valence-electron chi connectivity index (χ0n) is 15.9.